The molecule has 0 unspecified atom stereocenters. The van der Waals surface area contributed by atoms with Crippen LogP contribution in [0.1, 0.15) is 84.0 Å². The van der Waals surface area contributed by atoms with E-state index in [1.807, 2.05) is 0 Å². The molecule has 1 N–H and O–H groups in total. The molecular formula is C23H42N2O5S. The van der Waals surface area contributed by atoms with Crippen LogP contribution in [0.3, 0.4) is 0 Å². The first kappa shape index (κ1) is 27.8. The van der Waals surface area contributed by atoms with Gasteiger partial charge in [0, 0.05) is 31.7 Å². The smallest absolute Gasteiger partial charge is 0.305 e. The van der Waals surface area contributed by atoms with E-state index in [-0.39, 0.29) is 24.1 Å². The second-order valence-corrected chi connectivity index (χ2v) is 9.29. The maximum Gasteiger partial charge on any atom is 0.305 e. The van der Waals surface area contributed by atoms with E-state index in [1.54, 1.807) is 4.90 Å². The lowest BCUT2D eigenvalue weighted by atomic mass is 10.2. The fraction of sp³-hybridized carbons (Fsp3) is 0.870. The van der Waals surface area contributed by atoms with Crippen molar-refractivity contribution in [3.8, 4) is 0 Å². The zero-order valence-corrected chi connectivity index (χ0v) is 20.1. The van der Waals surface area contributed by atoms with Gasteiger partial charge in [0.05, 0.1) is 6.61 Å². The minimum absolute atomic E-state index is 0.0175. The molecule has 0 aromatic carbocycles. The Bertz CT molecular complexity index is 512. The number of carboxylic acids is 1. The highest BCUT2D eigenvalue weighted by molar-refractivity contribution is 8.13. The summed E-state index contributed by atoms with van der Waals surface area (Å²) in [6.45, 7) is 6.87. The number of nitrogens with zero attached hydrogens (tertiary/aromatic N) is 2. The Hall–Kier alpha value is -1.28. The molecule has 1 fully saturated rings. The molecule has 31 heavy (non-hydrogen) atoms. The van der Waals surface area contributed by atoms with Gasteiger partial charge in [0.1, 0.15) is 0 Å². The second kappa shape index (κ2) is 18.3. The third-order valence-electron chi connectivity index (χ3n) is 5.44. The highest BCUT2D eigenvalue weighted by Gasteiger charge is 2.16. The van der Waals surface area contributed by atoms with Crippen LogP contribution >= 0.6 is 11.8 Å². The van der Waals surface area contributed by atoms with Gasteiger partial charge in [-0.3, -0.25) is 14.4 Å². The van der Waals surface area contributed by atoms with E-state index in [9.17, 15) is 14.4 Å². The summed E-state index contributed by atoms with van der Waals surface area (Å²) in [5.74, 6) is -0.301. The predicted molar refractivity (Wildman–Crippen MR) is 126 cm³/mol. The van der Waals surface area contributed by atoms with Crippen LogP contribution in [0.2, 0.25) is 0 Å². The lowest BCUT2D eigenvalue weighted by molar-refractivity contribution is -0.144. The van der Waals surface area contributed by atoms with E-state index in [1.165, 1.54) is 43.9 Å². The Morgan fingerprint density at radius 2 is 1.61 bits per heavy atom. The third-order valence-corrected chi connectivity index (χ3v) is 6.44. The van der Waals surface area contributed by atoms with Crippen molar-refractivity contribution in [1.82, 2.24) is 9.80 Å². The Kier molecular flexibility index (Phi) is 16.4. The van der Waals surface area contributed by atoms with E-state index < -0.39 is 5.97 Å². The maximum absolute atomic E-state index is 12.6. The Morgan fingerprint density at radius 1 is 0.935 bits per heavy atom. The van der Waals surface area contributed by atoms with Gasteiger partial charge in [-0.05, 0) is 58.2 Å². The van der Waals surface area contributed by atoms with Gasteiger partial charge in [-0.2, -0.15) is 0 Å². The van der Waals surface area contributed by atoms with Crippen molar-refractivity contribution < 1.29 is 24.2 Å². The molecule has 0 aromatic heterocycles. The fourth-order valence-corrected chi connectivity index (χ4v) is 4.45. The van der Waals surface area contributed by atoms with Crippen LogP contribution in [-0.2, 0) is 14.3 Å². The number of esters is 1. The number of carbonyl (C=O) groups excluding carboxylic acids is 2. The number of unbranched alkanes of at least 4 members (excludes halogenated alkanes) is 4. The zero-order chi connectivity index (χ0) is 22.7. The molecular weight excluding hydrogens is 416 g/mol. The molecule has 1 heterocycles. The molecule has 1 amide bonds. The summed E-state index contributed by atoms with van der Waals surface area (Å²) in [4.78, 5) is 39.4. The van der Waals surface area contributed by atoms with Crippen molar-refractivity contribution in [1.29, 1.82) is 0 Å². The van der Waals surface area contributed by atoms with E-state index in [2.05, 4.69) is 11.8 Å². The first-order valence-electron chi connectivity index (χ1n) is 12.0. The normalized spacial score (nSPS) is 14.0. The summed E-state index contributed by atoms with van der Waals surface area (Å²) < 4.78 is 5.28. The summed E-state index contributed by atoms with van der Waals surface area (Å²) in [6.07, 6.45) is 10.4. The highest BCUT2D eigenvalue weighted by Crippen LogP contribution is 2.15. The molecule has 1 aliphatic heterocycles. The zero-order valence-electron chi connectivity index (χ0n) is 19.3. The number of carbonyl (C=O) groups is 3. The minimum Gasteiger partial charge on any atom is -0.481 e. The average Bonchev–Trinajstić information content (AvgIpc) is 3.25. The number of hydrogen-bond acceptors (Lipinski definition) is 6. The SMILES string of the molecule is CCCCCCCOC(=O)CCCN(CCCC(=O)O)C(=O)SCCCN1CCCC1. The quantitative estimate of drug-likeness (QED) is 0.233. The van der Waals surface area contributed by atoms with Crippen LogP contribution in [0.25, 0.3) is 0 Å². The monoisotopic (exact) mass is 458 g/mol. The summed E-state index contributed by atoms with van der Waals surface area (Å²) >= 11 is 1.31. The summed E-state index contributed by atoms with van der Waals surface area (Å²) in [5.41, 5.74) is 0. The minimum atomic E-state index is -0.854. The lowest BCUT2D eigenvalue weighted by Crippen LogP contribution is -2.31. The number of ether oxygens (including phenoxy) is 1. The maximum atomic E-state index is 12.6. The highest BCUT2D eigenvalue weighted by atomic mass is 32.2. The van der Waals surface area contributed by atoms with Gasteiger partial charge in [0.2, 0.25) is 0 Å². The first-order chi connectivity index (χ1) is 15.0. The topological polar surface area (TPSA) is 87.1 Å². The molecule has 7 nitrogen and oxygen atoms in total. The van der Waals surface area contributed by atoms with Crippen molar-refractivity contribution in [3.63, 3.8) is 0 Å². The largest absolute Gasteiger partial charge is 0.481 e. The van der Waals surface area contributed by atoms with Gasteiger partial charge >= 0.3 is 11.9 Å². The fourth-order valence-electron chi connectivity index (χ4n) is 3.64. The number of thioether (sulfide) groups is 1. The van der Waals surface area contributed by atoms with Crippen molar-refractivity contribution in [3.05, 3.63) is 0 Å². The molecule has 0 saturated carbocycles. The van der Waals surface area contributed by atoms with E-state index in [0.29, 0.717) is 32.5 Å². The van der Waals surface area contributed by atoms with Gasteiger partial charge in [-0.25, -0.2) is 0 Å². The molecule has 0 atom stereocenters. The number of hydrogen-bond donors (Lipinski definition) is 1. The molecule has 0 spiro atoms. The van der Waals surface area contributed by atoms with E-state index in [4.69, 9.17) is 9.84 Å². The van der Waals surface area contributed by atoms with Crippen molar-refractivity contribution >= 4 is 28.9 Å². The van der Waals surface area contributed by atoms with Crippen LogP contribution < -0.4 is 0 Å². The second-order valence-electron chi connectivity index (χ2n) is 8.24. The molecule has 1 aliphatic rings. The summed E-state index contributed by atoms with van der Waals surface area (Å²) in [7, 11) is 0. The molecule has 0 bridgehead atoms. The number of aliphatic carboxylic acids is 1. The number of carboxylic acid groups (broad SMARTS) is 1. The Morgan fingerprint density at radius 3 is 2.29 bits per heavy atom. The molecule has 0 aromatic rings. The van der Waals surface area contributed by atoms with Crippen molar-refractivity contribution in [2.75, 3.05) is 45.1 Å². The first-order valence-corrected chi connectivity index (χ1v) is 13.0. The standard InChI is InChI=1S/C23H42N2O5S/c1-2-3-4-5-8-19-30-22(28)13-10-18-25(17-9-12-21(26)27)23(29)31-20-11-16-24-14-6-7-15-24/h2-20H2,1H3,(H,26,27). The molecule has 0 radical (unpaired) electrons. The van der Waals surface area contributed by atoms with Crippen LogP contribution in [0.5, 0.6) is 0 Å². The van der Waals surface area contributed by atoms with Gasteiger partial charge in [-0.15, -0.1) is 0 Å². The van der Waals surface area contributed by atoms with Crippen molar-refractivity contribution in [2.24, 2.45) is 0 Å². The van der Waals surface area contributed by atoms with E-state index >= 15 is 0 Å². The predicted octanol–water partition coefficient (Wildman–Crippen LogP) is 4.79. The third kappa shape index (κ3) is 15.2. The van der Waals surface area contributed by atoms with E-state index in [0.717, 1.165) is 44.6 Å². The Labute approximate surface area is 192 Å². The van der Waals surface area contributed by atoms with Crippen LogP contribution in [0.15, 0.2) is 0 Å². The van der Waals surface area contributed by atoms with Gasteiger partial charge in [-0.1, -0.05) is 44.4 Å². The molecule has 8 heteroatoms. The number of rotatable bonds is 18. The molecule has 0 aliphatic carbocycles. The molecule has 1 rings (SSSR count). The van der Waals surface area contributed by atoms with Gasteiger partial charge < -0.3 is 19.6 Å². The van der Waals surface area contributed by atoms with Crippen LogP contribution in [0, 0.1) is 0 Å². The molecule has 180 valence electrons. The Balaban J connectivity index is 2.24. The lowest BCUT2D eigenvalue weighted by Gasteiger charge is -2.22. The number of amides is 1. The number of likely N-dealkylation sites (tertiary alicyclic amines) is 1. The molecule has 1 saturated heterocycles. The van der Waals surface area contributed by atoms with Crippen LogP contribution in [0.4, 0.5) is 4.79 Å². The average molecular weight is 459 g/mol. The summed E-state index contributed by atoms with van der Waals surface area (Å²) in [6, 6.07) is 0. The summed E-state index contributed by atoms with van der Waals surface area (Å²) in [5, 5.41) is 8.85. The van der Waals surface area contributed by atoms with Gasteiger partial charge in [0.15, 0.2) is 0 Å². The van der Waals surface area contributed by atoms with Crippen LogP contribution in [-0.4, -0.2) is 77.2 Å². The van der Waals surface area contributed by atoms with Crippen molar-refractivity contribution in [2.45, 2.75) is 84.0 Å². The van der Waals surface area contributed by atoms with Gasteiger partial charge in [0.25, 0.3) is 5.24 Å².